The Morgan fingerprint density at radius 1 is 1.07 bits per heavy atom. The van der Waals surface area contributed by atoms with Gasteiger partial charge in [-0.05, 0) is 117 Å². The Kier molecular flexibility index (Phi) is 7.84. The predicted molar refractivity (Wildman–Crippen MR) is 161 cm³/mol. The van der Waals surface area contributed by atoms with Crippen molar-refractivity contribution in [2.45, 2.75) is 104 Å². The summed E-state index contributed by atoms with van der Waals surface area (Å²) in [6.07, 6.45) is 16.8. The summed E-state index contributed by atoms with van der Waals surface area (Å²) >= 11 is 0. The van der Waals surface area contributed by atoms with E-state index in [1.54, 1.807) is 30.1 Å². The van der Waals surface area contributed by atoms with Gasteiger partial charge in [-0.2, -0.15) is 0 Å². The van der Waals surface area contributed by atoms with Crippen molar-refractivity contribution in [2.75, 3.05) is 19.6 Å². The van der Waals surface area contributed by atoms with Gasteiger partial charge >= 0.3 is 0 Å². The molecule has 1 aliphatic heterocycles. The average Bonchev–Trinajstić information content (AvgIpc) is 3.33. The molecule has 41 heavy (non-hydrogen) atoms. The summed E-state index contributed by atoms with van der Waals surface area (Å²) in [4.78, 5) is 34.2. The van der Waals surface area contributed by atoms with Crippen molar-refractivity contribution in [1.29, 1.82) is 0 Å². The molecular formula is C35H51N3O3. The zero-order chi connectivity index (χ0) is 28.9. The maximum Gasteiger partial charge on any atom is 0.254 e. The molecule has 0 spiro atoms. The SMILES string of the molecule is CC(CCC(=O)N1CCN(C(=O)c2ccncc2)CC1C)[C@H]1CC[C@H]2[C@@H]3CC=C4C[C@@H](O)CC[C@]4(C)[C@H]3CC[C@]12C. The number of allylic oxidation sites excluding steroid dienone is 1. The second-order valence-electron chi connectivity index (χ2n) is 14.8. The molecule has 6 heteroatoms. The van der Waals surface area contributed by atoms with Crippen LogP contribution >= 0.6 is 0 Å². The van der Waals surface area contributed by atoms with E-state index in [9.17, 15) is 14.7 Å². The standard InChI is InChI=1S/C35H51N3O3/c1-23(5-10-32(40)38-20-19-37(22-24(38)2)33(41)25-13-17-36-18-14-25)29-8-9-30-28-7-6-26-21-27(39)11-15-34(26,3)31(28)12-16-35(29,30)4/h6,13-14,17-18,23-24,27-31,39H,5,7-12,15-16,19-22H2,1-4H3/t23?,24?,27-,28-,29+,30-,31-,34-,35+/m0/s1. The maximum atomic E-state index is 13.4. The number of nitrogens with zero attached hydrogens (tertiary/aromatic N) is 3. The predicted octanol–water partition coefficient (Wildman–Crippen LogP) is 6.11. The lowest BCUT2D eigenvalue weighted by Crippen LogP contribution is -2.55. The largest absolute Gasteiger partial charge is 0.393 e. The monoisotopic (exact) mass is 561 g/mol. The van der Waals surface area contributed by atoms with Crippen LogP contribution in [0.1, 0.15) is 102 Å². The number of pyridine rings is 1. The minimum absolute atomic E-state index is 0.0264. The van der Waals surface area contributed by atoms with Crippen molar-refractivity contribution in [3.8, 4) is 0 Å². The van der Waals surface area contributed by atoms with Gasteiger partial charge in [-0.3, -0.25) is 14.6 Å². The van der Waals surface area contributed by atoms with Gasteiger partial charge in [-0.25, -0.2) is 0 Å². The highest BCUT2D eigenvalue weighted by atomic mass is 16.3. The van der Waals surface area contributed by atoms with E-state index in [-0.39, 0.29) is 24.0 Å². The van der Waals surface area contributed by atoms with E-state index >= 15 is 0 Å². The topological polar surface area (TPSA) is 73.7 Å². The zero-order valence-corrected chi connectivity index (χ0v) is 25.7. The van der Waals surface area contributed by atoms with Gasteiger partial charge in [-0.1, -0.05) is 32.4 Å². The molecule has 0 aromatic carbocycles. The molecule has 4 aliphatic carbocycles. The van der Waals surface area contributed by atoms with Crippen molar-refractivity contribution in [3.63, 3.8) is 0 Å². The molecule has 1 saturated heterocycles. The Labute approximate surface area is 247 Å². The molecule has 1 aromatic heterocycles. The third kappa shape index (κ3) is 5.06. The molecule has 0 bridgehead atoms. The van der Waals surface area contributed by atoms with Crippen LogP contribution in [0.25, 0.3) is 0 Å². The number of hydrogen-bond donors (Lipinski definition) is 1. The second kappa shape index (κ2) is 11.1. The number of carbonyl (C=O) groups excluding carboxylic acids is 2. The molecule has 3 saturated carbocycles. The summed E-state index contributed by atoms with van der Waals surface area (Å²) < 4.78 is 0. The molecule has 6 nitrogen and oxygen atoms in total. The smallest absolute Gasteiger partial charge is 0.254 e. The first kappa shape index (κ1) is 28.9. The summed E-state index contributed by atoms with van der Waals surface area (Å²) in [6, 6.07) is 3.56. The molecule has 4 fully saturated rings. The van der Waals surface area contributed by atoms with Crippen LogP contribution in [-0.2, 0) is 4.79 Å². The molecule has 1 aromatic rings. The van der Waals surface area contributed by atoms with E-state index in [2.05, 4.69) is 38.8 Å². The Hall–Kier alpha value is -2.21. The molecule has 2 heterocycles. The minimum Gasteiger partial charge on any atom is -0.393 e. The van der Waals surface area contributed by atoms with E-state index in [1.807, 2.05) is 9.80 Å². The van der Waals surface area contributed by atoms with Gasteiger partial charge in [0.05, 0.1) is 6.10 Å². The van der Waals surface area contributed by atoms with Gasteiger partial charge < -0.3 is 14.9 Å². The normalized spacial score (nSPS) is 39.3. The Balaban J connectivity index is 1.04. The number of hydrogen-bond acceptors (Lipinski definition) is 4. The van der Waals surface area contributed by atoms with Gasteiger partial charge in [0.1, 0.15) is 0 Å². The van der Waals surface area contributed by atoms with Crippen molar-refractivity contribution in [3.05, 3.63) is 41.7 Å². The van der Waals surface area contributed by atoms with E-state index in [4.69, 9.17) is 0 Å². The van der Waals surface area contributed by atoms with Crippen LogP contribution in [0.5, 0.6) is 0 Å². The highest BCUT2D eigenvalue weighted by Crippen LogP contribution is 2.67. The molecule has 0 radical (unpaired) electrons. The number of aromatic nitrogens is 1. The lowest BCUT2D eigenvalue weighted by atomic mass is 9.47. The fourth-order valence-corrected chi connectivity index (χ4v) is 10.5. The lowest BCUT2D eigenvalue weighted by molar-refractivity contribution is -0.135. The number of aliphatic hydroxyl groups excluding tert-OH is 1. The number of amides is 2. The third-order valence-corrected chi connectivity index (χ3v) is 12.8. The van der Waals surface area contributed by atoms with Crippen molar-refractivity contribution >= 4 is 11.8 Å². The number of carbonyl (C=O) groups is 2. The molecule has 6 rings (SSSR count). The van der Waals surface area contributed by atoms with Gasteiger partial charge in [-0.15, -0.1) is 0 Å². The zero-order valence-electron chi connectivity index (χ0n) is 25.7. The summed E-state index contributed by atoms with van der Waals surface area (Å²) in [6.45, 7) is 11.4. The Morgan fingerprint density at radius 3 is 2.61 bits per heavy atom. The van der Waals surface area contributed by atoms with Crippen LogP contribution < -0.4 is 0 Å². The lowest BCUT2D eigenvalue weighted by Gasteiger charge is -2.58. The van der Waals surface area contributed by atoms with Crippen LogP contribution in [0.3, 0.4) is 0 Å². The third-order valence-electron chi connectivity index (χ3n) is 12.8. The molecule has 9 atom stereocenters. The number of aliphatic hydroxyl groups is 1. The summed E-state index contributed by atoms with van der Waals surface area (Å²) in [7, 11) is 0. The first-order chi connectivity index (χ1) is 19.6. The number of rotatable bonds is 5. The van der Waals surface area contributed by atoms with Gasteiger partial charge in [0.25, 0.3) is 5.91 Å². The highest BCUT2D eigenvalue weighted by Gasteiger charge is 2.59. The van der Waals surface area contributed by atoms with E-state index < -0.39 is 0 Å². The van der Waals surface area contributed by atoms with Crippen molar-refractivity contribution in [2.24, 2.45) is 40.4 Å². The van der Waals surface area contributed by atoms with Crippen molar-refractivity contribution in [1.82, 2.24) is 14.8 Å². The van der Waals surface area contributed by atoms with E-state index in [0.717, 1.165) is 43.4 Å². The number of piperazine rings is 1. The van der Waals surface area contributed by atoms with Crippen LogP contribution in [0.2, 0.25) is 0 Å². The second-order valence-corrected chi connectivity index (χ2v) is 14.8. The molecule has 2 unspecified atom stereocenters. The summed E-state index contributed by atoms with van der Waals surface area (Å²) in [5.41, 5.74) is 2.89. The highest BCUT2D eigenvalue weighted by molar-refractivity contribution is 5.94. The first-order valence-corrected chi connectivity index (χ1v) is 16.5. The molecule has 2 amide bonds. The number of fused-ring (bicyclic) bond motifs is 5. The minimum atomic E-state index is -0.138. The maximum absolute atomic E-state index is 13.4. The van der Waals surface area contributed by atoms with Crippen LogP contribution in [0.15, 0.2) is 36.2 Å². The van der Waals surface area contributed by atoms with Crippen LogP contribution in [-0.4, -0.2) is 63.5 Å². The quantitative estimate of drug-likeness (QED) is 0.440. The van der Waals surface area contributed by atoms with Gasteiger partial charge in [0.2, 0.25) is 5.91 Å². The molecule has 224 valence electrons. The fraction of sp³-hybridized carbons (Fsp3) is 0.743. The Morgan fingerprint density at radius 2 is 1.85 bits per heavy atom. The van der Waals surface area contributed by atoms with E-state index in [1.165, 1.54) is 32.1 Å². The van der Waals surface area contributed by atoms with Crippen LogP contribution in [0, 0.1) is 40.4 Å². The fourth-order valence-electron chi connectivity index (χ4n) is 10.5. The van der Waals surface area contributed by atoms with Crippen LogP contribution in [0.4, 0.5) is 0 Å². The van der Waals surface area contributed by atoms with E-state index in [0.29, 0.717) is 54.3 Å². The summed E-state index contributed by atoms with van der Waals surface area (Å²) in [5.74, 6) is 3.86. The molecule has 5 aliphatic rings. The molecule has 1 N–H and O–H groups in total. The summed E-state index contributed by atoms with van der Waals surface area (Å²) in [5, 5.41) is 10.3. The van der Waals surface area contributed by atoms with Gasteiger partial charge in [0, 0.05) is 50.1 Å². The Bertz CT molecular complexity index is 1170. The van der Waals surface area contributed by atoms with Gasteiger partial charge in [0.15, 0.2) is 0 Å². The first-order valence-electron chi connectivity index (χ1n) is 16.5. The van der Waals surface area contributed by atoms with Crippen molar-refractivity contribution < 1.29 is 14.7 Å². The molecular weight excluding hydrogens is 510 g/mol. The average molecular weight is 562 g/mol.